The van der Waals surface area contributed by atoms with Crippen LogP contribution in [0.15, 0.2) is 29.2 Å². The molecule has 174 valence electrons. The molecule has 0 atom stereocenters. The van der Waals surface area contributed by atoms with Gasteiger partial charge < -0.3 is 14.4 Å². The molecule has 0 spiro atoms. The molecule has 2 aliphatic heterocycles. The molecule has 1 fully saturated rings. The van der Waals surface area contributed by atoms with Crippen molar-refractivity contribution < 1.29 is 9.47 Å². The number of pyridine rings is 1. The van der Waals surface area contributed by atoms with E-state index in [1.807, 2.05) is 18.3 Å². The lowest BCUT2D eigenvalue weighted by atomic mass is 9.98. The molecule has 3 aromatic rings. The van der Waals surface area contributed by atoms with Crippen molar-refractivity contribution >= 4 is 16.9 Å². The van der Waals surface area contributed by atoms with Crippen LogP contribution >= 0.6 is 0 Å². The molecule has 1 aromatic carbocycles. The van der Waals surface area contributed by atoms with Crippen LogP contribution in [0.25, 0.3) is 10.9 Å². The Kier molecular flexibility index (Phi) is 6.03. The van der Waals surface area contributed by atoms with Crippen molar-refractivity contribution in [3.8, 4) is 5.75 Å². The summed E-state index contributed by atoms with van der Waals surface area (Å²) in [7, 11) is 1.64. The van der Waals surface area contributed by atoms with E-state index in [1.165, 1.54) is 11.1 Å². The lowest BCUT2D eigenvalue weighted by molar-refractivity contribution is 0.0335. The Hall–Kier alpha value is -2.97. The minimum atomic E-state index is -0.102. The Morgan fingerprint density at radius 2 is 2.03 bits per heavy atom. The maximum absolute atomic E-state index is 13.1. The van der Waals surface area contributed by atoms with Gasteiger partial charge in [-0.15, -0.1) is 0 Å². The number of ether oxygens (including phenoxy) is 2. The molecule has 0 unspecified atom stereocenters. The van der Waals surface area contributed by atoms with Gasteiger partial charge in [0.2, 0.25) is 5.95 Å². The fourth-order valence-corrected chi connectivity index (χ4v) is 4.84. The van der Waals surface area contributed by atoms with Crippen molar-refractivity contribution in [1.29, 1.82) is 0 Å². The van der Waals surface area contributed by atoms with Crippen molar-refractivity contribution in [3.63, 3.8) is 0 Å². The van der Waals surface area contributed by atoms with Gasteiger partial charge in [-0.05, 0) is 41.2 Å². The van der Waals surface area contributed by atoms with Crippen LogP contribution in [-0.4, -0.2) is 59.8 Å². The predicted octanol–water partition coefficient (Wildman–Crippen LogP) is 2.85. The molecule has 0 saturated carbocycles. The molecule has 2 aliphatic rings. The minimum Gasteiger partial charge on any atom is -0.497 e. The number of rotatable bonds is 5. The second kappa shape index (κ2) is 9.11. The maximum atomic E-state index is 13.1. The van der Waals surface area contributed by atoms with Gasteiger partial charge in [0.25, 0.3) is 5.56 Å². The van der Waals surface area contributed by atoms with Gasteiger partial charge in [0.1, 0.15) is 5.75 Å². The molecule has 33 heavy (non-hydrogen) atoms. The average Bonchev–Trinajstić information content (AvgIpc) is 2.83. The van der Waals surface area contributed by atoms with E-state index in [4.69, 9.17) is 19.4 Å². The standard InChI is InChI=1S/C25H31N5O3/c1-16(2)20-12-18(32-3)13-21-23(20)24(31)28-25(27-21)30-7-5-19-17(14-30)4-6-26-22(19)15-29-8-10-33-11-9-29/h4,6,12-13,16H,5,7-11,14-15H2,1-3H3,(H,27,28,31). The molecule has 8 nitrogen and oxygen atoms in total. The molecule has 8 heteroatoms. The zero-order valence-corrected chi connectivity index (χ0v) is 19.6. The first-order valence-electron chi connectivity index (χ1n) is 11.7. The quantitative estimate of drug-likeness (QED) is 0.641. The zero-order chi connectivity index (χ0) is 22.9. The second-order valence-corrected chi connectivity index (χ2v) is 9.11. The number of aromatic nitrogens is 3. The third kappa shape index (κ3) is 4.32. The lowest BCUT2D eigenvalue weighted by Crippen LogP contribution is -2.37. The highest BCUT2D eigenvalue weighted by atomic mass is 16.5. The van der Waals surface area contributed by atoms with Crippen LogP contribution in [0.1, 0.15) is 42.1 Å². The third-order valence-corrected chi connectivity index (χ3v) is 6.67. The van der Waals surface area contributed by atoms with Crippen molar-refractivity contribution in [2.24, 2.45) is 0 Å². The van der Waals surface area contributed by atoms with Gasteiger partial charge in [-0.3, -0.25) is 19.7 Å². The molecular formula is C25H31N5O3. The number of benzene rings is 1. The number of nitrogens with one attached hydrogen (secondary N) is 1. The number of hydrogen-bond acceptors (Lipinski definition) is 7. The zero-order valence-electron chi connectivity index (χ0n) is 19.6. The fraction of sp³-hybridized carbons (Fsp3) is 0.480. The molecule has 0 aliphatic carbocycles. The van der Waals surface area contributed by atoms with E-state index in [0.29, 0.717) is 23.4 Å². The summed E-state index contributed by atoms with van der Waals surface area (Å²) >= 11 is 0. The highest BCUT2D eigenvalue weighted by Crippen LogP contribution is 2.29. The number of fused-ring (bicyclic) bond motifs is 2. The normalized spacial score (nSPS) is 16.9. The Labute approximate surface area is 193 Å². The number of morpholine rings is 1. The number of hydrogen-bond donors (Lipinski definition) is 1. The monoisotopic (exact) mass is 449 g/mol. The van der Waals surface area contributed by atoms with Crippen molar-refractivity contribution in [1.82, 2.24) is 19.9 Å². The maximum Gasteiger partial charge on any atom is 0.260 e. The van der Waals surface area contributed by atoms with Gasteiger partial charge in [0, 0.05) is 45.0 Å². The van der Waals surface area contributed by atoms with Crippen LogP contribution in [0.5, 0.6) is 5.75 Å². The molecule has 0 amide bonds. The van der Waals surface area contributed by atoms with E-state index in [1.54, 1.807) is 7.11 Å². The van der Waals surface area contributed by atoms with Crippen molar-refractivity contribution in [3.05, 3.63) is 57.1 Å². The van der Waals surface area contributed by atoms with E-state index in [-0.39, 0.29) is 11.5 Å². The summed E-state index contributed by atoms with van der Waals surface area (Å²) in [6.07, 6.45) is 2.77. The van der Waals surface area contributed by atoms with Crippen LogP contribution in [-0.2, 0) is 24.2 Å². The number of H-pyrrole nitrogens is 1. The van der Waals surface area contributed by atoms with Crippen LogP contribution in [0.4, 0.5) is 5.95 Å². The molecule has 5 rings (SSSR count). The summed E-state index contributed by atoms with van der Waals surface area (Å²) in [5, 5.41) is 0.643. The van der Waals surface area contributed by atoms with Gasteiger partial charge >= 0.3 is 0 Å². The topological polar surface area (TPSA) is 83.6 Å². The van der Waals surface area contributed by atoms with E-state index >= 15 is 0 Å². The Bertz CT molecular complexity index is 1220. The van der Waals surface area contributed by atoms with Crippen LogP contribution in [0, 0.1) is 0 Å². The Morgan fingerprint density at radius 3 is 2.79 bits per heavy atom. The second-order valence-electron chi connectivity index (χ2n) is 9.11. The first-order chi connectivity index (χ1) is 16.0. The van der Waals surface area contributed by atoms with E-state index in [2.05, 4.69) is 34.7 Å². The van der Waals surface area contributed by atoms with E-state index < -0.39 is 0 Å². The lowest BCUT2D eigenvalue weighted by Gasteiger charge is -2.32. The SMILES string of the molecule is COc1cc(C(C)C)c2c(=O)[nH]c(N3CCc4c(ccnc4CN4CCOCC4)C3)nc2c1. The smallest absolute Gasteiger partial charge is 0.260 e. The molecule has 4 heterocycles. The average molecular weight is 450 g/mol. The molecule has 0 radical (unpaired) electrons. The summed E-state index contributed by atoms with van der Waals surface area (Å²) in [5.74, 6) is 1.52. The summed E-state index contributed by atoms with van der Waals surface area (Å²) in [4.78, 5) is 30.2. The van der Waals surface area contributed by atoms with Gasteiger partial charge in [-0.1, -0.05) is 13.8 Å². The fourth-order valence-electron chi connectivity index (χ4n) is 4.84. The van der Waals surface area contributed by atoms with Gasteiger partial charge in [-0.25, -0.2) is 4.98 Å². The number of aromatic amines is 1. The van der Waals surface area contributed by atoms with Gasteiger partial charge in [-0.2, -0.15) is 0 Å². The van der Waals surface area contributed by atoms with Gasteiger partial charge in [0.05, 0.1) is 36.9 Å². The molecular weight excluding hydrogens is 418 g/mol. The Morgan fingerprint density at radius 1 is 1.21 bits per heavy atom. The number of nitrogens with zero attached hydrogens (tertiary/aromatic N) is 4. The summed E-state index contributed by atoms with van der Waals surface area (Å²) in [6, 6.07) is 5.87. The van der Waals surface area contributed by atoms with Gasteiger partial charge in [0.15, 0.2) is 0 Å². The van der Waals surface area contributed by atoms with Crippen molar-refractivity contribution in [2.45, 2.75) is 39.3 Å². The predicted molar refractivity (Wildman–Crippen MR) is 128 cm³/mol. The first kappa shape index (κ1) is 21.9. The first-order valence-corrected chi connectivity index (χ1v) is 11.7. The van der Waals surface area contributed by atoms with E-state index in [0.717, 1.165) is 62.8 Å². The molecule has 1 N–H and O–H groups in total. The number of anilines is 1. The minimum absolute atomic E-state index is 0.102. The summed E-state index contributed by atoms with van der Waals surface area (Å²) in [5.41, 5.74) is 5.25. The summed E-state index contributed by atoms with van der Waals surface area (Å²) < 4.78 is 11.0. The third-order valence-electron chi connectivity index (χ3n) is 6.67. The van der Waals surface area contributed by atoms with Crippen molar-refractivity contribution in [2.75, 3.05) is 44.9 Å². The van der Waals surface area contributed by atoms with Crippen LogP contribution in [0.3, 0.4) is 0 Å². The highest BCUT2D eigenvalue weighted by Gasteiger charge is 2.24. The largest absolute Gasteiger partial charge is 0.497 e. The van der Waals surface area contributed by atoms with Crippen LogP contribution < -0.4 is 15.2 Å². The summed E-state index contributed by atoms with van der Waals surface area (Å²) in [6.45, 7) is 9.95. The highest BCUT2D eigenvalue weighted by molar-refractivity contribution is 5.84. The molecule has 2 aromatic heterocycles. The van der Waals surface area contributed by atoms with E-state index in [9.17, 15) is 4.79 Å². The van der Waals surface area contributed by atoms with Crippen LogP contribution in [0.2, 0.25) is 0 Å². The Balaban J connectivity index is 1.45. The number of methoxy groups -OCH3 is 1. The molecule has 1 saturated heterocycles. The molecule has 0 bridgehead atoms.